The molecule has 1 aromatic heterocycles. The number of pyridine rings is 1. The molecule has 0 aliphatic carbocycles. The monoisotopic (exact) mass is 250 g/mol. The molecule has 1 rings (SSSR count). The normalized spacial score (nSPS) is 9.27. The summed E-state index contributed by atoms with van der Waals surface area (Å²) in [6.45, 7) is 0. The molecule has 0 fully saturated rings. The Morgan fingerprint density at radius 1 is 1.55 bits per heavy atom. The van der Waals surface area contributed by atoms with Gasteiger partial charge >= 0.3 is 0 Å². The van der Waals surface area contributed by atoms with E-state index in [0.29, 0.717) is 9.50 Å². The second kappa shape index (κ2) is 3.40. The summed E-state index contributed by atoms with van der Waals surface area (Å²) in [5, 5.41) is 8.97. The Labute approximate surface area is 81.9 Å². The third kappa shape index (κ3) is 1.64. The molecule has 0 saturated carbocycles. The average molecular weight is 252 g/mol. The van der Waals surface area contributed by atoms with Crippen LogP contribution in [0, 0.1) is 11.3 Å². The van der Waals surface area contributed by atoms with Crippen molar-refractivity contribution in [3.05, 3.63) is 26.4 Å². The molecule has 0 saturated heterocycles. The molecular weight excluding hydrogens is 251 g/mol. The lowest BCUT2D eigenvalue weighted by Gasteiger charge is -1.97. The predicted octanol–water partition coefficient (Wildman–Crippen LogP) is 3.02. The third-order valence-corrected chi connectivity index (χ3v) is 2.55. The molecule has 0 unspecified atom stereocenters. The van der Waals surface area contributed by atoms with Crippen molar-refractivity contribution in [3.63, 3.8) is 0 Å². The molecular formula is C6HBrCl2N2. The molecule has 0 radical (unpaired) electrons. The van der Waals surface area contributed by atoms with Gasteiger partial charge in [0.05, 0.1) is 9.50 Å². The number of halogens is 3. The molecule has 5 heteroatoms. The maximum atomic E-state index is 8.54. The number of nitriles is 1. The lowest BCUT2D eigenvalue weighted by molar-refractivity contribution is 1.28. The zero-order chi connectivity index (χ0) is 8.43. The van der Waals surface area contributed by atoms with Crippen LogP contribution in [0.1, 0.15) is 5.56 Å². The van der Waals surface area contributed by atoms with Gasteiger partial charge in [0.2, 0.25) is 0 Å². The molecule has 0 aromatic carbocycles. The van der Waals surface area contributed by atoms with Crippen molar-refractivity contribution in [2.45, 2.75) is 0 Å². The van der Waals surface area contributed by atoms with E-state index in [1.54, 1.807) is 0 Å². The number of hydrogen-bond donors (Lipinski definition) is 0. The molecule has 1 heterocycles. The van der Waals surface area contributed by atoms with Crippen molar-refractivity contribution in [1.29, 1.82) is 5.26 Å². The highest BCUT2D eigenvalue weighted by Crippen LogP contribution is 2.28. The summed E-state index contributed by atoms with van der Waals surface area (Å²) in [6, 6.07) is 1.85. The van der Waals surface area contributed by atoms with Crippen LogP contribution >= 0.6 is 39.1 Å². The highest BCUT2D eigenvalue weighted by atomic mass is 79.9. The summed E-state index contributed by atoms with van der Waals surface area (Å²) in [6.07, 6.45) is 1.45. The lowest BCUT2D eigenvalue weighted by Crippen LogP contribution is -1.84. The molecule has 0 atom stereocenters. The van der Waals surface area contributed by atoms with Gasteiger partial charge in [0.1, 0.15) is 16.8 Å². The van der Waals surface area contributed by atoms with E-state index in [0.717, 1.165) is 0 Å². The molecule has 11 heavy (non-hydrogen) atoms. The molecule has 0 amide bonds. The fourth-order valence-electron chi connectivity index (χ4n) is 0.540. The molecule has 0 spiro atoms. The number of aromatic nitrogens is 1. The summed E-state index contributed by atoms with van der Waals surface area (Å²) >= 11 is 14.4. The molecule has 0 aliphatic heterocycles. The van der Waals surface area contributed by atoms with Crippen molar-refractivity contribution < 1.29 is 0 Å². The summed E-state index contributed by atoms with van der Waals surface area (Å²) < 4.78 is 0.570. The van der Waals surface area contributed by atoms with Crippen LogP contribution in [-0.2, 0) is 0 Å². The Balaban J connectivity index is 3.44. The van der Waals surface area contributed by atoms with Gasteiger partial charge in [-0.2, -0.15) is 5.26 Å². The summed E-state index contributed by atoms with van der Waals surface area (Å²) in [4.78, 5) is 3.72. The van der Waals surface area contributed by atoms with Crippen molar-refractivity contribution in [2.75, 3.05) is 0 Å². The molecule has 56 valence electrons. The third-order valence-electron chi connectivity index (χ3n) is 1.04. The first-order valence-electron chi connectivity index (χ1n) is 2.56. The average Bonchev–Trinajstić information content (AvgIpc) is 1.99. The van der Waals surface area contributed by atoms with E-state index in [-0.39, 0.29) is 10.7 Å². The van der Waals surface area contributed by atoms with Gasteiger partial charge in [-0.25, -0.2) is 4.98 Å². The van der Waals surface area contributed by atoms with E-state index in [2.05, 4.69) is 20.9 Å². The van der Waals surface area contributed by atoms with E-state index in [1.807, 2.05) is 6.07 Å². The van der Waals surface area contributed by atoms with Crippen LogP contribution in [0.15, 0.2) is 10.7 Å². The Morgan fingerprint density at radius 2 is 2.18 bits per heavy atom. The molecule has 1 aromatic rings. The smallest absolute Gasteiger partial charge is 0.148 e. The predicted molar refractivity (Wildman–Crippen MR) is 46.7 cm³/mol. The Morgan fingerprint density at radius 3 is 2.64 bits per heavy atom. The minimum Gasteiger partial charge on any atom is -0.242 e. The standard InChI is InChI=1S/C6HBrCl2N2/c7-4-2-11-6(9)3(1-10)5(4)8/h2H. The van der Waals surface area contributed by atoms with Gasteiger partial charge in [0, 0.05) is 6.20 Å². The second-order valence-electron chi connectivity index (χ2n) is 1.70. The van der Waals surface area contributed by atoms with Gasteiger partial charge in [0.25, 0.3) is 0 Å². The zero-order valence-corrected chi connectivity index (χ0v) is 8.20. The van der Waals surface area contributed by atoms with E-state index in [9.17, 15) is 0 Å². The van der Waals surface area contributed by atoms with Crippen LogP contribution < -0.4 is 0 Å². The van der Waals surface area contributed by atoms with Gasteiger partial charge in [-0.1, -0.05) is 23.2 Å². The first kappa shape index (κ1) is 8.79. The minimum absolute atomic E-state index is 0.126. The van der Waals surface area contributed by atoms with Crippen LogP contribution in [0.4, 0.5) is 0 Å². The number of rotatable bonds is 0. The zero-order valence-electron chi connectivity index (χ0n) is 5.11. The first-order valence-corrected chi connectivity index (χ1v) is 4.11. The summed E-state index contributed by atoms with van der Waals surface area (Å²) in [5.74, 6) is 0. The maximum Gasteiger partial charge on any atom is 0.148 e. The van der Waals surface area contributed by atoms with Crippen LogP contribution in [-0.4, -0.2) is 4.98 Å². The van der Waals surface area contributed by atoms with Gasteiger partial charge < -0.3 is 0 Å². The number of nitrogens with zero attached hydrogens (tertiary/aromatic N) is 2. The molecule has 0 N–H and O–H groups in total. The highest BCUT2D eigenvalue weighted by Gasteiger charge is 2.08. The van der Waals surface area contributed by atoms with Gasteiger partial charge in [-0.15, -0.1) is 0 Å². The first-order chi connectivity index (χ1) is 5.16. The molecule has 0 aliphatic rings. The Hall–Kier alpha value is -0.300. The van der Waals surface area contributed by atoms with Gasteiger partial charge in [-0.3, -0.25) is 0 Å². The summed E-state index contributed by atoms with van der Waals surface area (Å²) in [7, 11) is 0. The van der Waals surface area contributed by atoms with Gasteiger partial charge in [-0.05, 0) is 15.9 Å². The number of hydrogen-bond acceptors (Lipinski definition) is 2. The van der Waals surface area contributed by atoms with Crippen molar-refractivity contribution in [2.24, 2.45) is 0 Å². The van der Waals surface area contributed by atoms with Gasteiger partial charge in [0.15, 0.2) is 0 Å². The van der Waals surface area contributed by atoms with Crippen LogP contribution in [0.25, 0.3) is 0 Å². The quantitative estimate of drug-likeness (QED) is 0.665. The van der Waals surface area contributed by atoms with E-state index in [1.165, 1.54) is 6.20 Å². The van der Waals surface area contributed by atoms with E-state index < -0.39 is 0 Å². The fourth-order valence-corrected chi connectivity index (χ4v) is 1.25. The minimum atomic E-state index is 0.126. The maximum absolute atomic E-state index is 8.54. The lowest BCUT2D eigenvalue weighted by atomic mass is 10.3. The van der Waals surface area contributed by atoms with E-state index >= 15 is 0 Å². The van der Waals surface area contributed by atoms with Crippen LogP contribution in [0.2, 0.25) is 10.2 Å². The molecule has 2 nitrogen and oxygen atoms in total. The fraction of sp³-hybridized carbons (Fsp3) is 0. The SMILES string of the molecule is N#Cc1c(Cl)ncc(Br)c1Cl. The highest BCUT2D eigenvalue weighted by molar-refractivity contribution is 9.10. The summed E-state index contributed by atoms with van der Waals surface area (Å²) in [5.41, 5.74) is 0.197. The van der Waals surface area contributed by atoms with Crippen molar-refractivity contribution >= 4 is 39.1 Å². The topological polar surface area (TPSA) is 36.7 Å². The van der Waals surface area contributed by atoms with Crippen LogP contribution in [0.3, 0.4) is 0 Å². The second-order valence-corrected chi connectivity index (χ2v) is 3.29. The van der Waals surface area contributed by atoms with Crippen LogP contribution in [0.5, 0.6) is 0 Å². The van der Waals surface area contributed by atoms with Crippen molar-refractivity contribution in [3.8, 4) is 6.07 Å². The Bertz CT molecular complexity index is 332. The van der Waals surface area contributed by atoms with E-state index in [4.69, 9.17) is 28.5 Å². The Kier molecular flexibility index (Phi) is 2.72. The van der Waals surface area contributed by atoms with Crippen molar-refractivity contribution in [1.82, 2.24) is 4.98 Å². The molecule has 0 bridgehead atoms. The largest absolute Gasteiger partial charge is 0.242 e.